The second-order valence-corrected chi connectivity index (χ2v) is 4.36. The zero-order valence-corrected chi connectivity index (χ0v) is 9.36. The van der Waals surface area contributed by atoms with E-state index in [4.69, 9.17) is 0 Å². The molecule has 9 heteroatoms. The van der Waals surface area contributed by atoms with Crippen molar-refractivity contribution in [2.24, 2.45) is 0 Å². The predicted molar refractivity (Wildman–Crippen MR) is 54.6 cm³/mol. The fourth-order valence-electron chi connectivity index (χ4n) is 1.45. The summed E-state index contributed by atoms with van der Waals surface area (Å²) in [5.41, 5.74) is 0. The molecule has 0 aliphatic carbocycles. The first-order chi connectivity index (χ1) is 7.95. The van der Waals surface area contributed by atoms with Crippen LogP contribution in [0.4, 0.5) is 18.3 Å². The van der Waals surface area contributed by atoms with Crippen molar-refractivity contribution in [2.45, 2.75) is 25.1 Å². The van der Waals surface area contributed by atoms with Gasteiger partial charge in [-0.05, 0) is 6.42 Å². The van der Waals surface area contributed by atoms with Crippen LogP contribution < -0.4 is 10.6 Å². The lowest BCUT2D eigenvalue weighted by Crippen LogP contribution is -2.31. The van der Waals surface area contributed by atoms with Gasteiger partial charge in [-0.15, -0.1) is 0 Å². The normalized spacial score (nSPS) is 20.4. The smallest absolute Gasteiger partial charge is 0.358 e. The molecule has 2 N–H and O–H groups in total. The van der Waals surface area contributed by atoms with Crippen molar-refractivity contribution in [2.75, 3.05) is 11.9 Å². The van der Waals surface area contributed by atoms with Crippen molar-refractivity contribution in [3.8, 4) is 0 Å². The van der Waals surface area contributed by atoms with Gasteiger partial charge in [0.25, 0.3) is 0 Å². The highest BCUT2D eigenvalue weighted by atomic mass is 32.1. The van der Waals surface area contributed by atoms with Crippen LogP contribution in [0.2, 0.25) is 0 Å². The number of halogens is 3. The maximum atomic E-state index is 12.2. The lowest BCUT2D eigenvalue weighted by atomic mass is 10.2. The Morgan fingerprint density at radius 2 is 2.29 bits per heavy atom. The summed E-state index contributed by atoms with van der Waals surface area (Å²) in [5.74, 6) is -1.18. The quantitative estimate of drug-likeness (QED) is 0.864. The molecule has 1 aromatic heterocycles. The SMILES string of the molecule is O=C1CCC(CNc2nc(C(F)(F)F)ns2)N1. The van der Waals surface area contributed by atoms with E-state index in [-0.39, 0.29) is 17.1 Å². The number of amides is 1. The number of nitrogens with one attached hydrogen (secondary N) is 2. The van der Waals surface area contributed by atoms with Gasteiger partial charge in [0, 0.05) is 30.5 Å². The lowest BCUT2D eigenvalue weighted by Gasteiger charge is -2.09. The van der Waals surface area contributed by atoms with Crippen molar-refractivity contribution in [3.05, 3.63) is 5.82 Å². The molecule has 94 valence electrons. The molecule has 1 aliphatic rings. The van der Waals surface area contributed by atoms with E-state index in [2.05, 4.69) is 20.0 Å². The molecule has 1 aromatic rings. The van der Waals surface area contributed by atoms with Crippen LogP contribution in [-0.4, -0.2) is 27.9 Å². The molecule has 2 rings (SSSR count). The van der Waals surface area contributed by atoms with Gasteiger partial charge in [0.2, 0.25) is 16.9 Å². The fraction of sp³-hybridized carbons (Fsp3) is 0.625. The summed E-state index contributed by atoms with van der Waals surface area (Å²) in [5, 5.41) is 5.53. The molecular weight excluding hydrogens is 257 g/mol. The third kappa shape index (κ3) is 3.05. The molecular formula is C8H9F3N4OS. The summed E-state index contributed by atoms with van der Waals surface area (Å²) >= 11 is 0.656. The maximum absolute atomic E-state index is 12.2. The van der Waals surface area contributed by atoms with Gasteiger partial charge in [-0.3, -0.25) is 4.79 Å². The minimum absolute atomic E-state index is 0.0370. The summed E-state index contributed by atoms with van der Waals surface area (Å²) in [4.78, 5) is 14.2. The van der Waals surface area contributed by atoms with Crippen molar-refractivity contribution in [1.29, 1.82) is 0 Å². The van der Waals surface area contributed by atoms with Gasteiger partial charge in [-0.2, -0.15) is 22.5 Å². The number of aromatic nitrogens is 2. The number of rotatable bonds is 3. The van der Waals surface area contributed by atoms with E-state index in [0.717, 1.165) is 0 Å². The second kappa shape index (κ2) is 4.47. The molecule has 1 amide bonds. The fourth-order valence-corrected chi connectivity index (χ4v) is 2.04. The van der Waals surface area contributed by atoms with Gasteiger partial charge in [-0.1, -0.05) is 0 Å². The Balaban J connectivity index is 1.87. The van der Waals surface area contributed by atoms with Crippen LogP contribution >= 0.6 is 11.5 Å². The number of anilines is 1. The molecule has 5 nitrogen and oxygen atoms in total. The topological polar surface area (TPSA) is 66.9 Å². The molecule has 0 saturated carbocycles. The number of carbonyl (C=O) groups excluding carboxylic acids is 1. The minimum Gasteiger partial charge on any atom is -0.358 e. The van der Waals surface area contributed by atoms with E-state index in [1.165, 1.54) is 0 Å². The number of carbonyl (C=O) groups is 1. The first kappa shape index (κ1) is 12.1. The van der Waals surface area contributed by atoms with Crippen LogP contribution in [0, 0.1) is 0 Å². The monoisotopic (exact) mass is 266 g/mol. The van der Waals surface area contributed by atoms with Gasteiger partial charge in [0.1, 0.15) is 0 Å². The van der Waals surface area contributed by atoms with E-state index in [1.807, 2.05) is 0 Å². The summed E-state index contributed by atoms with van der Waals surface area (Å²) in [6.45, 7) is 0.359. The summed E-state index contributed by atoms with van der Waals surface area (Å²) in [6.07, 6.45) is -3.38. The molecule has 0 radical (unpaired) electrons. The molecule has 1 fully saturated rings. The van der Waals surface area contributed by atoms with Crippen molar-refractivity contribution in [1.82, 2.24) is 14.7 Å². The van der Waals surface area contributed by atoms with Gasteiger partial charge in [0.15, 0.2) is 0 Å². The van der Waals surface area contributed by atoms with Crippen LogP contribution in [0.1, 0.15) is 18.7 Å². The summed E-state index contributed by atoms with van der Waals surface area (Å²) in [6, 6.07) is -0.0549. The summed E-state index contributed by atoms with van der Waals surface area (Å²) < 4.78 is 39.8. The van der Waals surface area contributed by atoms with Crippen molar-refractivity contribution >= 4 is 22.6 Å². The van der Waals surface area contributed by atoms with Gasteiger partial charge in [0.05, 0.1) is 0 Å². The zero-order chi connectivity index (χ0) is 12.5. The van der Waals surface area contributed by atoms with Crippen LogP contribution in [0.3, 0.4) is 0 Å². The molecule has 0 bridgehead atoms. The Kier molecular flexibility index (Phi) is 3.18. The lowest BCUT2D eigenvalue weighted by molar-refractivity contribution is -0.144. The van der Waals surface area contributed by atoms with E-state index >= 15 is 0 Å². The highest BCUT2D eigenvalue weighted by molar-refractivity contribution is 7.09. The average Bonchev–Trinajstić information content (AvgIpc) is 2.82. The van der Waals surface area contributed by atoms with Crippen LogP contribution in [0.15, 0.2) is 0 Å². The number of hydrogen-bond donors (Lipinski definition) is 2. The standard InChI is InChI=1S/C8H9F3N4OS/c9-8(10,11)6-14-7(17-15-6)12-3-4-1-2-5(16)13-4/h4H,1-3H2,(H,13,16)(H,12,14,15). The largest absolute Gasteiger partial charge is 0.452 e. The Hall–Kier alpha value is -1.38. The first-order valence-electron chi connectivity index (χ1n) is 4.89. The second-order valence-electron chi connectivity index (χ2n) is 3.60. The van der Waals surface area contributed by atoms with E-state index in [1.54, 1.807) is 0 Å². The van der Waals surface area contributed by atoms with Crippen LogP contribution in [0.5, 0.6) is 0 Å². The third-order valence-electron chi connectivity index (χ3n) is 2.26. The van der Waals surface area contributed by atoms with Gasteiger partial charge < -0.3 is 10.6 Å². The molecule has 0 aromatic carbocycles. The molecule has 1 saturated heterocycles. The Morgan fingerprint density at radius 1 is 1.53 bits per heavy atom. The number of nitrogens with zero attached hydrogens (tertiary/aromatic N) is 2. The Bertz CT molecular complexity index is 419. The van der Waals surface area contributed by atoms with E-state index < -0.39 is 12.0 Å². The maximum Gasteiger partial charge on any atom is 0.452 e. The van der Waals surface area contributed by atoms with Crippen LogP contribution in [-0.2, 0) is 11.0 Å². The number of hydrogen-bond acceptors (Lipinski definition) is 5. The Morgan fingerprint density at radius 3 is 2.82 bits per heavy atom. The van der Waals surface area contributed by atoms with Crippen molar-refractivity contribution < 1.29 is 18.0 Å². The minimum atomic E-state index is -4.52. The highest BCUT2D eigenvalue weighted by Crippen LogP contribution is 2.28. The van der Waals surface area contributed by atoms with Gasteiger partial charge in [-0.25, -0.2) is 0 Å². The highest BCUT2D eigenvalue weighted by Gasteiger charge is 2.36. The molecule has 17 heavy (non-hydrogen) atoms. The van der Waals surface area contributed by atoms with Crippen molar-refractivity contribution in [3.63, 3.8) is 0 Å². The molecule has 1 unspecified atom stereocenters. The van der Waals surface area contributed by atoms with Crippen LogP contribution in [0.25, 0.3) is 0 Å². The Labute approximate surface area is 98.6 Å². The first-order valence-corrected chi connectivity index (χ1v) is 5.66. The zero-order valence-electron chi connectivity index (χ0n) is 8.54. The molecule has 1 atom stereocenters. The third-order valence-corrected chi connectivity index (χ3v) is 2.94. The molecule has 2 heterocycles. The van der Waals surface area contributed by atoms with E-state index in [9.17, 15) is 18.0 Å². The average molecular weight is 266 g/mol. The van der Waals surface area contributed by atoms with Gasteiger partial charge >= 0.3 is 6.18 Å². The number of alkyl halides is 3. The predicted octanol–water partition coefficient (Wildman–Crippen LogP) is 1.25. The van der Waals surface area contributed by atoms with E-state index in [0.29, 0.717) is 30.9 Å². The molecule has 1 aliphatic heterocycles. The summed E-state index contributed by atoms with van der Waals surface area (Å²) in [7, 11) is 0. The molecule has 0 spiro atoms.